The molecule has 0 amide bonds. The predicted molar refractivity (Wildman–Crippen MR) is 83.5 cm³/mol. The van der Waals surface area contributed by atoms with Crippen LogP contribution >= 0.6 is 11.3 Å². The van der Waals surface area contributed by atoms with Crippen molar-refractivity contribution in [1.29, 1.82) is 0 Å². The molecule has 0 aliphatic rings. The van der Waals surface area contributed by atoms with Crippen molar-refractivity contribution in [1.82, 2.24) is 10.3 Å². The highest BCUT2D eigenvalue weighted by Gasteiger charge is 2.12. The Balaban J connectivity index is 2.05. The fourth-order valence-electron chi connectivity index (χ4n) is 2.03. The lowest BCUT2D eigenvalue weighted by Gasteiger charge is -2.14. The molecule has 1 aromatic carbocycles. The highest BCUT2D eigenvalue weighted by molar-refractivity contribution is 7.11. The van der Waals surface area contributed by atoms with Crippen molar-refractivity contribution in [3.8, 4) is 17.2 Å². The van der Waals surface area contributed by atoms with Crippen molar-refractivity contribution in [3.05, 3.63) is 33.8 Å². The molecule has 114 valence electrons. The van der Waals surface area contributed by atoms with E-state index in [-0.39, 0.29) is 0 Å². The molecule has 0 unspecified atom stereocenters. The Labute approximate surface area is 128 Å². The number of benzene rings is 1. The number of hydrogen-bond acceptors (Lipinski definition) is 6. The van der Waals surface area contributed by atoms with E-state index in [9.17, 15) is 0 Å². The molecule has 0 saturated heterocycles. The first kappa shape index (κ1) is 15.6. The van der Waals surface area contributed by atoms with Gasteiger partial charge >= 0.3 is 0 Å². The molecule has 0 aliphatic heterocycles. The summed E-state index contributed by atoms with van der Waals surface area (Å²) in [4.78, 5) is 5.55. The first-order valence-electron chi connectivity index (χ1n) is 6.58. The molecule has 0 radical (unpaired) electrons. The van der Waals surface area contributed by atoms with Gasteiger partial charge in [-0.25, -0.2) is 4.98 Å². The fraction of sp³-hybridized carbons (Fsp3) is 0.400. The van der Waals surface area contributed by atoms with Gasteiger partial charge in [0, 0.05) is 24.2 Å². The number of hydrogen-bond donors (Lipinski definition) is 1. The minimum absolute atomic E-state index is 0.610. The molecular formula is C15H20N2O3S. The molecule has 0 atom stereocenters. The molecule has 0 aliphatic carbocycles. The summed E-state index contributed by atoms with van der Waals surface area (Å²) in [5.74, 6) is 1.94. The van der Waals surface area contributed by atoms with Crippen LogP contribution in [0, 0.1) is 6.92 Å². The number of thiazole rings is 1. The van der Waals surface area contributed by atoms with Crippen molar-refractivity contribution < 1.29 is 14.2 Å². The first-order chi connectivity index (χ1) is 10.2. The maximum atomic E-state index is 5.34. The highest BCUT2D eigenvalue weighted by Crippen LogP contribution is 2.38. The van der Waals surface area contributed by atoms with E-state index < -0.39 is 0 Å². The second-order valence-electron chi connectivity index (χ2n) is 4.50. The number of aryl methyl sites for hydroxylation is 1. The van der Waals surface area contributed by atoms with E-state index >= 15 is 0 Å². The van der Waals surface area contributed by atoms with E-state index in [1.54, 1.807) is 32.7 Å². The quantitative estimate of drug-likeness (QED) is 0.852. The average molecular weight is 308 g/mol. The van der Waals surface area contributed by atoms with Crippen LogP contribution in [0.25, 0.3) is 0 Å². The highest BCUT2D eigenvalue weighted by atomic mass is 32.1. The van der Waals surface area contributed by atoms with E-state index in [0.717, 1.165) is 17.1 Å². The second-order valence-corrected chi connectivity index (χ2v) is 5.82. The SMILES string of the molecule is COc1cc(CNCc2ncc(C)s2)cc(OC)c1OC. The Morgan fingerprint density at radius 3 is 2.19 bits per heavy atom. The Kier molecular flexibility index (Phi) is 5.41. The Hall–Kier alpha value is -1.79. The van der Waals surface area contributed by atoms with Crippen LogP contribution in [0.15, 0.2) is 18.3 Å². The summed E-state index contributed by atoms with van der Waals surface area (Å²) in [5, 5.41) is 4.45. The van der Waals surface area contributed by atoms with Gasteiger partial charge in [0.25, 0.3) is 0 Å². The zero-order valence-electron chi connectivity index (χ0n) is 12.7. The molecule has 1 aromatic heterocycles. The van der Waals surface area contributed by atoms with Crippen LogP contribution in [0.1, 0.15) is 15.4 Å². The van der Waals surface area contributed by atoms with Crippen molar-refractivity contribution in [2.24, 2.45) is 0 Å². The van der Waals surface area contributed by atoms with E-state index in [2.05, 4.69) is 17.2 Å². The van der Waals surface area contributed by atoms with Gasteiger partial charge in [-0.2, -0.15) is 0 Å². The molecule has 21 heavy (non-hydrogen) atoms. The normalized spacial score (nSPS) is 10.5. The summed E-state index contributed by atoms with van der Waals surface area (Å²) in [6.07, 6.45) is 1.89. The molecule has 0 bridgehead atoms. The largest absolute Gasteiger partial charge is 0.493 e. The summed E-state index contributed by atoms with van der Waals surface area (Å²) in [5.41, 5.74) is 1.07. The zero-order chi connectivity index (χ0) is 15.2. The Bertz CT molecular complexity index is 573. The Morgan fingerprint density at radius 1 is 1.05 bits per heavy atom. The van der Waals surface area contributed by atoms with Crippen molar-refractivity contribution in [2.75, 3.05) is 21.3 Å². The molecule has 0 spiro atoms. The van der Waals surface area contributed by atoms with Gasteiger partial charge in [-0.15, -0.1) is 11.3 Å². The number of nitrogens with one attached hydrogen (secondary N) is 1. The van der Waals surface area contributed by atoms with Crippen molar-refractivity contribution in [2.45, 2.75) is 20.0 Å². The zero-order valence-corrected chi connectivity index (χ0v) is 13.5. The van der Waals surface area contributed by atoms with Gasteiger partial charge in [0.2, 0.25) is 5.75 Å². The third-order valence-corrected chi connectivity index (χ3v) is 3.91. The maximum Gasteiger partial charge on any atom is 0.203 e. The van der Waals surface area contributed by atoms with Crippen LogP contribution in [0.3, 0.4) is 0 Å². The number of nitrogens with zero attached hydrogens (tertiary/aromatic N) is 1. The number of ether oxygens (including phenoxy) is 3. The second kappa shape index (κ2) is 7.28. The maximum absolute atomic E-state index is 5.34. The van der Waals surface area contributed by atoms with Gasteiger partial charge in [-0.05, 0) is 24.6 Å². The topological polar surface area (TPSA) is 52.6 Å². The van der Waals surface area contributed by atoms with E-state index in [4.69, 9.17) is 14.2 Å². The van der Waals surface area contributed by atoms with Crippen molar-refractivity contribution >= 4 is 11.3 Å². The van der Waals surface area contributed by atoms with Crippen LogP contribution in [0.5, 0.6) is 17.2 Å². The monoisotopic (exact) mass is 308 g/mol. The summed E-state index contributed by atoms with van der Waals surface area (Å²) < 4.78 is 16.0. The molecule has 6 heteroatoms. The van der Waals surface area contributed by atoms with Gasteiger partial charge in [0.1, 0.15) is 5.01 Å². The van der Waals surface area contributed by atoms with Gasteiger partial charge in [0.05, 0.1) is 21.3 Å². The van der Waals surface area contributed by atoms with Crippen LogP contribution in [-0.4, -0.2) is 26.3 Å². The van der Waals surface area contributed by atoms with E-state index in [0.29, 0.717) is 23.8 Å². The fourth-order valence-corrected chi connectivity index (χ4v) is 2.79. The third-order valence-electron chi connectivity index (χ3n) is 3.00. The summed E-state index contributed by atoms with van der Waals surface area (Å²) in [6.45, 7) is 3.50. The van der Waals surface area contributed by atoms with Gasteiger partial charge in [-0.1, -0.05) is 0 Å². The number of rotatable bonds is 7. The van der Waals surface area contributed by atoms with Gasteiger partial charge in [-0.3, -0.25) is 0 Å². The summed E-state index contributed by atoms with van der Waals surface area (Å²) in [7, 11) is 4.84. The van der Waals surface area contributed by atoms with E-state index in [1.807, 2.05) is 18.3 Å². The van der Waals surface area contributed by atoms with Crippen LogP contribution in [0.2, 0.25) is 0 Å². The molecule has 1 N–H and O–H groups in total. The lowest BCUT2D eigenvalue weighted by molar-refractivity contribution is 0.323. The standard InChI is InChI=1S/C15H20N2O3S/c1-10-7-17-14(21-10)9-16-8-11-5-12(18-2)15(20-4)13(6-11)19-3/h5-7,16H,8-9H2,1-4H3. The minimum atomic E-state index is 0.610. The molecule has 0 fully saturated rings. The van der Waals surface area contributed by atoms with Crippen LogP contribution < -0.4 is 19.5 Å². The van der Waals surface area contributed by atoms with Gasteiger partial charge in [0.15, 0.2) is 11.5 Å². The lowest BCUT2D eigenvalue weighted by Crippen LogP contribution is -2.12. The third kappa shape index (κ3) is 3.86. The number of aromatic nitrogens is 1. The molecule has 0 saturated carbocycles. The van der Waals surface area contributed by atoms with Crippen LogP contribution in [-0.2, 0) is 13.1 Å². The van der Waals surface area contributed by atoms with Gasteiger partial charge < -0.3 is 19.5 Å². The predicted octanol–water partition coefficient (Wildman–Crippen LogP) is 2.77. The summed E-state index contributed by atoms with van der Waals surface area (Å²) >= 11 is 1.70. The molecule has 2 aromatic rings. The Morgan fingerprint density at radius 2 is 1.71 bits per heavy atom. The smallest absolute Gasteiger partial charge is 0.203 e. The first-order valence-corrected chi connectivity index (χ1v) is 7.40. The molecule has 5 nitrogen and oxygen atoms in total. The van der Waals surface area contributed by atoms with Crippen LogP contribution in [0.4, 0.5) is 0 Å². The lowest BCUT2D eigenvalue weighted by atomic mass is 10.2. The van der Waals surface area contributed by atoms with E-state index in [1.165, 1.54) is 4.88 Å². The number of methoxy groups -OCH3 is 3. The molecule has 1 heterocycles. The molecule has 2 rings (SSSR count). The minimum Gasteiger partial charge on any atom is -0.493 e. The average Bonchev–Trinajstić information content (AvgIpc) is 2.91. The summed E-state index contributed by atoms with van der Waals surface area (Å²) in [6, 6.07) is 3.89. The van der Waals surface area contributed by atoms with Crippen molar-refractivity contribution in [3.63, 3.8) is 0 Å². The molecular weight excluding hydrogens is 288 g/mol.